The van der Waals surface area contributed by atoms with E-state index in [1.807, 2.05) is 4.90 Å². The highest BCUT2D eigenvalue weighted by atomic mass is 16.3. The molecule has 24 heavy (non-hydrogen) atoms. The first-order valence-corrected chi connectivity index (χ1v) is 9.04. The highest BCUT2D eigenvalue weighted by Crippen LogP contribution is 2.21. The number of carbonyl (C=O) groups is 1. The summed E-state index contributed by atoms with van der Waals surface area (Å²) >= 11 is 0. The molecule has 0 spiro atoms. The van der Waals surface area contributed by atoms with Crippen molar-refractivity contribution in [2.45, 2.75) is 38.0 Å². The minimum atomic E-state index is -0.372. The van der Waals surface area contributed by atoms with Crippen molar-refractivity contribution in [3.05, 3.63) is 35.9 Å². The van der Waals surface area contributed by atoms with Crippen molar-refractivity contribution < 1.29 is 9.90 Å². The number of benzene rings is 1. The van der Waals surface area contributed by atoms with Crippen LogP contribution in [0.2, 0.25) is 0 Å². The molecule has 2 saturated heterocycles. The number of nitrogens with one attached hydrogen (secondary N) is 1. The molecule has 5 nitrogen and oxygen atoms in total. The maximum absolute atomic E-state index is 12.5. The van der Waals surface area contributed by atoms with E-state index in [-0.39, 0.29) is 18.1 Å². The molecule has 5 heteroatoms. The molecule has 2 heterocycles. The van der Waals surface area contributed by atoms with Crippen LogP contribution in [0.1, 0.15) is 24.8 Å². The number of aliphatic hydroxyl groups is 1. The predicted molar refractivity (Wildman–Crippen MR) is 94.5 cm³/mol. The Kier molecular flexibility index (Phi) is 5.87. The Morgan fingerprint density at radius 3 is 2.62 bits per heavy atom. The molecule has 0 aliphatic carbocycles. The van der Waals surface area contributed by atoms with Crippen molar-refractivity contribution >= 4 is 5.91 Å². The molecule has 1 amide bonds. The molecule has 2 fully saturated rings. The molecule has 0 radical (unpaired) electrons. The fourth-order valence-corrected chi connectivity index (χ4v) is 3.86. The quantitative estimate of drug-likeness (QED) is 0.848. The number of aliphatic hydroxyl groups excluding tert-OH is 1. The van der Waals surface area contributed by atoms with Gasteiger partial charge in [0.1, 0.15) is 0 Å². The van der Waals surface area contributed by atoms with Gasteiger partial charge in [0.2, 0.25) is 5.91 Å². The van der Waals surface area contributed by atoms with Gasteiger partial charge in [-0.1, -0.05) is 30.3 Å². The lowest BCUT2D eigenvalue weighted by Crippen LogP contribution is -2.47. The molecule has 132 valence electrons. The van der Waals surface area contributed by atoms with Crippen LogP contribution in [0.3, 0.4) is 0 Å². The monoisotopic (exact) mass is 331 g/mol. The molecule has 0 aromatic heterocycles. The zero-order chi connectivity index (χ0) is 16.9. The lowest BCUT2D eigenvalue weighted by Gasteiger charge is -2.35. The molecule has 0 saturated carbocycles. The van der Waals surface area contributed by atoms with E-state index in [0.717, 1.165) is 39.0 Å². The van der Waals surface area contributed by atoms with Gasteiger partial charge in [0.25, 0.3) is 0 Å². The summed E-state index contributed by atoms with van der Waals surface area (Å²) in [6.07, 6.45) is 2.32. The summed E-state index contributed by atoms with van der Waals surface area (Å²) in [5.41, 5.74) is 1.35. The number of rotatable bonds is 5. The second kappa shape index (κ2) is 8.10. The maximum atomic E-state index is 12.5. The zero-order valence-electron chi connectivity index (χ0n) is 14.5. The van der Waals surface area contributed by atoms with E-state index in [2.05, 4.69) is 47.6 Å². The SMILES string of the molecule is CN(Cc1ccccc1)CC1CCN(C(=O)C2CC(O)CN2)CC1. The van der Waals surface area contributed by atoms with Crippen LogP contribution in [0.5, 0.6) is 0 Å². The smallest absolute Gasteiger partial charge is 0.239 e. The molecule has 0 bridgehead atoms. The summed E-state index contributed by atoms with van der Waals surface area (Å²) in [6.45, 7) is 4.28. The minimum absolute atomic E-state index is 0.169. The Hall–Kier alpha value is -1.43. The Balaban J connectivity index is 1.41. The second-order valence-corrected chi connectivity index (χ2v) is 7.30. The fourth-order valence-electron chi connectivity index (χ4n) is 3.86. The summed E-state index contributed by atoms with van der Waals surface area (Å²) in [5, 5.41) is 12.7. The van der Waals surface area contributed by atoms with E-state index >= 15 is 0 Å². The molecule has 2 aliphatic rings. The van der Waals surface area contributed by atoms with Crippen molar-refractivity contribution in [3.63, 3.8) is 0 Å². The largest absolute Gasteiger partial charge is 0.392 e. The summed E-state index contributed by atoms with van der Waals surface area (Å²) in [4.78, 5) is 16.8. The summed E-state index contributed by atoms with van der Waals surface area (Å²) in [5.74, 6) is 0.826. The topological polar surface area (TPSA) is 55.8 Å². The second-order valence-electron chi connectivity index (χ2n) is 7.30. The predicted octanol–water partition coefficient (Wildman–Crippen LogP) is 1.08. The van der Waals surface area contributed by atoms with Crippen molar-refractivity contribution in [1.82, 2.24) is 15.1 Å². The van der Waals surface area contributed by atoms with E-state index < -0.39 is 0 Å². The van der Waals surface area contributed by atoms with Gasteiger partial charge in [-0.3, -0.25) is 4.79 Å². The van der Waals surface area contributed by atoms with Crippen molar-refractivity contribution in [2.75, 3.05) is 33.2 Å². The highest BCUT2D eigenvalue weighted by molar-refractivity contribution is 5.82. The number of piperidine rings is 1. The highest BCUT2D eigenvalue weighted by Gasteiger charge is 2.33. The third kappa shape index (κ3) is 4.56. The van der Waals surface area contributed by atoms with Gasteiger partial charge >= 0.3 is 0 Å². The van der Waals surface area contributed by atoms with Gasteiger partial charge in [-0.2, -0.15) is 0 Å². The van der Waals surface area contributed by atoms with Crippen molar-refractivity contribution in [3.8, 4) is 0 Å². The van der Waals surface area contributed by atoms with Crippen LogP contribution in [-0.2, 0) is 11.3 Å². The van der Waals surface area contributed by atoms with Crippen LogP contribution in [-0.4, -0.2) is 66.2 Å². The average molecular weight is 331 g/mol. The molecular weight excluding hydrogens is 302 g/mol. The molecule has 2 aliphatic heterocycles. The first-order chi connectivity index (χ1) is 11.6. The Morgan fingerprint density at radius 1 is 1.29 bits per heavy atom. The Bertz CT molecular complexity index is 529. The Morgan fingerprint density at radius 2 is 2.00 bits per heavy atom. The average Bonchev–Trinajstić information content (AvgIpc) is 3.02. The van der Waals surface area contributed by atoms with Crippen LogP contribution in [0.25, 0.3) is 0 Å². The minimum Gasteiger partial charge on any atom is -0.392 e. The molecular formula is C19H29N3O2. The van der Waals surface area contributed by atoms with Crippen molar-refractivity contribution in [2.24, 2.45) is 5.92 Å². The number of β-amino-alcohol motifs (C(OH)–C–C–N with tert-alkyl or cyclic N) is 1. The molecule has 2 unspecified atom stereocenters. The van der Waals surface area contributed by atoms with Gasteiger partial charge in [0.15, 0.2) is 0 Å². The van der Waals surface area contributed by atoms with Gasteiger partial charge < -0.3 is 20.2 Å². The lowest BCUT2D eigenvalue weighted by molar-refractivity contribution is -0.134. The Labute approximate surface area is 144 Å². The first-order valence-electron chi connectivity index (χ1n) is 9.04. The van der Waals surface area contributed by atoms with E-state index in [9.17, 15) is 9.90 Å². The number of hydrogen-bond acceptors (Lipinski definition) is 4. The van der Waals surface area contributed by atoms with Gasteiger partial charge in [0.05, 0.1) is 12.1 Å². The van der Waals surface area contributed by atoms with Crippen LogP contribution < -0.4 is 5.32 Å². The third-order valence-corrected chi connectivity index (χ3v) is 5.20. The molecule has 2 atom stereocenters. The summed E-state index contributed by atoms with van der Waals surface area (Å²) in [6, 6.07) is 10.4. The van der Waals surface area contributed by atoms with E-state index in [4.69, 9.17) is 0 Å². The number of amides is 1. The zero-order valence-corrected chi connectivity index (χ0v) is 14.5. The van der Waals surface area contributed by atoms with Crippen LogP contribution in [0.15, 0.2) is 30.3 Å². The molecule has 1 aromatic carbocycles. The van der Waals surface area contributed by atoms with Gasteiger partial charge in [-0.05, 0) is 37.8 Å². The first kappa shape index (κ1) is 17.4. The maximum Gasteiger partial charge on any atom is 0.239 e. The van der Waals surface area contributed by atoms with E-state index in [1.54, 1.807) is 0 Å². The van der Waals surface area contributed by atoms with E-state index in [0.29, 0.717) is 18.9 Å². The van der Waals surface area contributed by atoms with Crippen molar-refractivity contribution in [1.29, 1.82) is 0 Å². The van der Waals surface area contributed by atoms with Crippen LogP contribution in [0, 0.1) is 5.92 Å². The number of nitrogens with zero attached hydrogens (tertiary/aromatic N) is 2. The number of likely N-dealkylation sites (tertiary alicyclic amines) is 1. The third-order valence-electron chi connectivity index (χ3n) is 5.20. The fraction of sp³-hybridized carbons (Fsp3) is 0.632. The van der Waals surface area contributed by atoms with Crippen LogP contribution >= 0.6 is 0 Å². The van der Waals surface area contributed by atoms with E-state index in [1.165, 1.54) is 5.56 Å². The summed E-state index contributed by atoms with van der Waals surface area (Å²) < 4.78 is 0. The van der Waals surface area contributed by atoms with Gasteiger partial charge in [0, 0.05) is 32.7 Å². The number of hydrogen-bond donors (Lipinski definition) is 2. The van der Waals surface area contributed by atoms with Gasteiger partial charge in [-0.15, -0.1) is 0 Å². The molecule has 2 N–H and O–H groups in total. The summed E-state index contributed by atoms with van der Waals surface area (Å²) in [7, 11) is 2.17. The standard InChI is InChI=1S/C19H29N3O2/c1-21(13-15-5-3-2-4-6-15)14-16-7-9-22(10-8-16)19(24)18-11-17(23)12-20-18/h2-6,16-18,20,23H,7-14H2,1H3. The lowest BCUT2D eigenvalue weighted by atomic mass is 9.95. The molecule has 3 rings (SSSR count). The molecule has 1 aromatic rings. The number of carbonyl (C=O) groups excluding carboxylic acids is 1. The van der Waals surface area contributed by atoms with Crippen LogP contribution in [0.4, 0.5) is 0 Å². The van der Waals surface area contributed by atoms with Gasteiger partial charge in [-0.25, -0.2) is 0 Å². The normalized spacial score (nSPS) is 25.4.